The maximum absolute atomic E-state index is 13.5. The third kappa shape index (κ3) is 5.67. The number of hydrogen-bond acceptors (Lipinski definition) is 5. The maximum Gasteiger partial charge on any atom is 0.417 e. The average molecular weight is 486 g/mol. The lowest BCUT2D eigenvalue weighted by Crippen LogP contribution is -2.09. The van der Waals surface area contributed by atoms with Gasteiger partial charge in [-0.2, -0.15) is 13.2 Å². The van der Waals surface area contributed by atoms with Crippen molar-refractivity contribution in [2.24, 2.45) is 0 Å². The van der Waals surface area contributed by atoms with E-state index in [-0.39, 0.29) is 30.4 Å². The normalized spacial score (nSPS) is 13.7. The molecule has 1 aliphatic carbocycles. The number of nitrogens with zero attached hydrogens (tertiary/aromatic N) is 2. The van der Waals surface area contributed by atoms with Crippen molar-refractivity contribution in [2.45, 2.75) is 39.0 Å². The highest BCUT2D eigenvalue weighted by Gasteiger charge is 2.33. The van der Waals surface area contributed by atoms with E-state index >= 15 is 0 Å². The van der Waals surface area contributed by atoms with E-state index in [2.05, 4.69) is 9.97 Å². The number of rotatable bonds is 7. The molecule has 0 spiro atoms. The number of allylic oxidation sites excluding steroid dienone is 2. The van der Waals surface area contributed by atoms with Crippen molar-refractivity contribution < 1.29 is 31.8 Å². The monoisotopic (exact) mass is 486 g/mol. The van der Waals surface area contributed by atoms with Crippen LogP contribution in [0.4, 0.5) is 17.6 Å². The third-order valence-electron chi connectivity index (χ3n) is 5.55. The van der Waals surface area contributed by atoms with Crippen LogP contribution < -0.4 is 4.74 Å². The van der Waals surface area contributed by atoms with Crippen LogP contribution in [-0.2, 0) is 17.5 Å². The van der Waals surface area contributed by atoms with E-state index < -0.39 is 23.5 Å². The molecule has 0 saturated carbocycles. The lowest BCUT2D eigenvalue weighted by Gasteiger charge is -2.16. The van der Waals surface area contributed by atoms with Gasteiger partial charge in [0.15, 0.2) is 0 Å². The minimum atomic E-state index is -4.58. The number of carbonyl (C=O) groups is 1. The van der Waals surface area contributed by atoms with Crippen LogP contribution >= 0.6 is 0 Å². The van der Waals surface area contributed by atoms with Gasteiger partial charge in [-0.05, 0) is 73.2 Å². The number of pyridine rings is 2. The van der Waals surface area contributed by atoms with Crippen molar-refractivity contribution in [2.75, 3.05) is 6.61 Å². The molecule has 0 atom stereocenters. The Balaban J connectivity index is 1.75. The lowest BCUT2D eigenvalue weighted by atomic mass is 9.99. The Morgan fingerprint density at radius 2 is 1.80 bits per heavy atom. The molecule has 0 N–H and O–H groups in total. The largest absolute Gasteiger partial charge is 0.472 e. The molecular weight excluding hydrogens is 464 g/mol. The first-order chi connectivity index (χ1) is 16.8. The number of halogens is 4. The number of aromatic nitrogens is 2. The zero-order chi connectivity index (χ0) is 25.0. The Morgan fingerprint density at radius 3 is 2.51 bits per heavy atom. The summed E-state index contributed by atoms with van der Waals surface area (Å²) in [6, 6.07) is 11.5. The summed E-state index contributed by atoms with van der Waals surface area (Å²) in [5.41, 5.74) is 1.94. The molecule has 0 amide bonds. The quantitative estimate of drug-likeness (QED) is 0.282. The summed E-state index contributed by atoms with van der Waals surface area (Å²) in [6.45, 7) is 1.89. The summed E-state index contributed by atoms with van der Waals surface area (Å²) in [6.07, 6.45) is -2.08. The minimum absolute atomic E-state index is 0.00481. The zero-order valence-electron chi connectivity index (χ0n) is 18.9. The van der Waals surface area contributed by atoms with Gasteiger partial charge >= 0.3 is 12.1 Å². The van der Waals surface area contributed by atoms with Gasteiger partial charge in [-0.25, -0.2) is 19.2 Å². The van der Waals surface area contributed by atoms with Crippen molar-refractivity contribution in [3.05, 3.63) is 88.6 Å². The maximum atomic E-state index is 13.5. The van der Waals surface area contributed by atoms with Gasteiger partial charge in [0.25, 0.3) is 0 Å². The molecule has 0 unspecified atom stereocenters. The molecule has 35 heavy (non-hydrogen) atoms. The Hall–Kier alpha value is -3.75. The van der Waals surface area contributed by atoms with Crippen LogP contribution in [0, 0.1) is 5.82 Å². The van der Waals surface area contributed by atoms with Gasteiger partial charge < -0.3 is 9.47 Å². The molecule has 2 aromatic heterocycles. The van der Waals surface area contributed by atoms with Gasteiger partial charge in [0, 0.05) is 11.8 Å². The molecule has 1 aromatic carbocycles. The number of ether oxygens (including phenoxy) is 2. The summed E-state index contributed by atoms with van der Waals surface area (Å²) < 4.78 is 64.5. The van der Waals surface area contributed by atoms with Crippen LogP contribution in [0.5, 0.6) is 5.88 Å². The van der Waals surface area contributed by atoms with E-state index in [9.17, 15) is 22.4 Å². The summed E-state index contributed by atoms with van der Waals surface area (Å²) in [5, 5.41) is 0. The summed E-state index contributed by atoms with van der Waals surface area (Å²) in [5.74, 6) is -0.933. The van der Waals surface area contributed by atoms with Crippen molar-refractivity contribution in [3.63, 3.8) is 0 Å². The Morgan fingerprint density at radius 1 is 1.06 bits per heavy atom. The molecule has 0 saturated heterocycles. The molecule has 0 aliphatic heterocycles. The molecule has 0 bridgehead atoms. The second kappa shape index (κ2) is 10.2. The standard InChI is InChI=1S/C26H22F4N2O3/c1-2-34-25(33)23-8-4-7-22(32-23)20-6-3-5-19(20)21-13-17(26(28,29)30)14-31-24(21)35-15-16-9-11-18(27)12-10-16/h4,7-14H,2-3,5-6,15H2,1H3. The third-order valence-corrected chi connectivity index (χ3v) is 5.55. The number of benzene rings is 1. The van der Waals surface area contributed by atoms with Gasteiger partial charge in [0.1, 0.15) is 18.1 Å². The second-order valence-electron chi connectivity index (χ2n) is 7.93. The number of hydrogen-bond donors (Lipinski definition) is 0. The highest BCUT2D eigenvalue weighted by Crippen LogP contribution is 2.43. The highest BCUT2D eigenvalue weighted by molar-refractivity contribution is 5.94. The van der Waals surface area contributed by atoms with E-state index in [1.807, 2.05) is 0 Å². The fourth-order valence-corrected chi connectivity index (χ4v) is 3.92. The molecule has 0 fully saturated rings. The summed E-state index contributed by atoms with van der Waals surface area (Å²) in [4.78, 5) is 20.5. The van der Waals surface area contributed by atoms with Crippen LogP contribution in [-0.4, -0.2) is 22.5 Å². The fourth-order valence-electron chi connectivity index (χ4n) is 3.92. The Bertz CT molecular complexity index is 1250. The molecule has 1 aliphatic rings. The summed E-state index contributed by atoms with van der Waals surface area (Å²) >= 11 is 0. The molecule has 5 nitrogen and oxygen atoms in total. The van der Waals surface area contributed by atoms with E-state index in [0.717, 1.165) is 17.8 Å². The number of esters is 1. The van der Waals surface area contributed by atoms with Gasteiger partial charge in [-0.3, -0.25) is 0 Å². The molecular formula is C26H22F4N2O3. The average Bonchev–Trinajstić information content (AvgIpc) is 3.33. The first-order valence-corrected chi connectivity index (χ1v) is 11.1. The van der Waals surface area contributed by atoms with Crippen molar-refractivity contribution >= 4 is 17.1 Å². The van der Waals surface area contributed by atoms with Gasteiger partial charge in [-0.15, -0.1) is 0 Å². The summed E-state index contributed by atoms with van der Waals surface area (Å²) in [7, 11) is 0. The molecule has 3 aromatic rings. The van der Waals surface area contributed by atoms with Crippen LogP contribution in [0.1, 0.15) is 59.1 Å². The van der Waals surface area contributed by atoms with Gasteiger partial charge in [0.05, 0.1) is 17.9 Å². The first-order valence-electron chi connectivity index (χ1n) is 11.1. The van der Waals surface area contributed by atoms with Crippen LogP contribution in [0.15, 0.2) is 54.7 Å². The number of carbonyl (C=O) groups excluding carboxylic acids is 1. The van der Waals surface area contributed by atoms with Crippen LogP contribution in [0.2, 0.25) is 0 Å². The van der Waals surface area contributed by atoms with Gasteiger partial charge in [-0.1, -0.05) is 18.2 Å². The first kappa shape index (κ1) is 24.4. The predicted octanol–water partition coefficient (Wildman–Crippen LogP) is 6.48. The molecule has 2 heterocycles. The predicted molar refractivity (Wildman–Crippen MR) is 121 cm³/mol. The van der Waals surface area contributed by atoms with E-state index in [0.29, 0.717) is 36.1 Å². The van der Waals surface area contributed by atoms with E-state index in [4.69, 9.17) is 9.47 Å². The second-order valence-corrected chi connectivity index (χ2v) is 7.93. The Labute approximate surface area is 199 Å². The topological polar surface area (TPSA) is 61.3 Å². The van der Waals surface area contributed by atoms with Crippen LogP contribution in [0.25, 0.3) is 11.1 Å². The Kier molecular flexibility index (Phi) is 7.14. The van der Waals surface area contributed by atoms with E-state index in [1.165, 1.54) is 30.3 Å². The fraction of sp³-hybridized carbons (Fsp3) is 0.269. The molecule has 9 heteroatoms. The smallest absolute Gasteiger partial charge is 0.417 e. The highest BCUT2D eigenvalue weighted by atomic mass is 19.4. The van der Waals surface area contributed by atoms with E-state index in [1.54, 1.807) is 19.1 Å². The molecule has 0 radical (unpaired) electrons. The minimum Gasteiger partial charge on any atom is -0.472 e. The molecule has 182 valence electrons. The van der Waals surface area contributed by atoms with Gasteiger partial charge in [0.2, 0.25) is 5.88 Å². The van der Waals surface area contributed by atoms with Crippen LogP contribution in [0.3, 0.4) is 0 Å². The molecule has 4 rings (SSSR count). The van der Waals surface area contributed by atoms with Crippen molar-refractivity contribution in [3.8, 4) is 5.88 Å². The zero-order valence-corrected chi connectivity index (χ0v) is 18.9. The SMILES string of the molecule is CCOC(=O)c1cccc(C2=C(c3cc(C(F)(F)F)cnc3OCc3ccc(F)cc3)CCC2)n1. The lowest BCUT2D eigenvalue weighted by molar-refractivity contribution is -0.137. The van der Waals surface area contributed by atoms with Crippen molar-refractivity contribution in [1.82, 2.24) is 9.97 Å². The van der Waals surface area contributed by atoms with Crippen molar-refractivity contribution in [1.29, 1.82) is 0 Å². The number of alkyl halides is 3.